The molecule has 0 heterocycles. The molecule has 1 amide bonds. The number of sulfonamides is 1. The van der Waals surface area contributed by atoms with Crippen molar-refractivity contribution in [3.8, 4) is 11.5 Å². The van der Waals surface area contributed by atoms with Crippen molar-refractivity contribution in [1.29, 1.82) is 0 Å². The van der Waals surface area contributed by atoms with Crippen molar-refractivity contribution in [3.05, 3.63) is 48.0 Å². The van der Waals surface area contributed by atoms with Crippen LogP contribution in [-0.2, 0) is 10.0 Å². The van der Waals surface area contributed by atoms with Crippen LogP contribution in [0, 0.1) is 0 Å². The smallest absolute Gasteiger partial charge is 0.255 e. The van der Waals surface area contributed by atoms with Gasteiger partial charge in [-0.25, -0.2) is 8.42 Å². The summed E-state index contributed by atoms with van der Waals surface area (Å²) in [7, 11) is -2.19. The van der Waals surface area contributed by atoms with Gasteiger partial charge in [0.2, 0.25) is 10.0 Å². The number of benzene rings is 2. The lowest BCUT2D eigenvalue weighted by molar-refractivity contribution is 0.102. The number of hydrogen-bond donors (Lipinski definition) is 1. The molecule has 0 radical (unpaired) electrons. The lowest BCUT2D eigenvalue weighted by Gasteiger charge is -2.19. The van der Waals surface area contributed by atoms with E-state index in [0.717, 1.165) is 0 Å². The monoisotopic (exact) mass is 406 g/mol. The minimum Gasteiger partial charge on any atom is -0.495 e. The predicted octanol–water partition coefficient (Wildman–Crippen LogP) is 3.38. The second-order valence-electron chi connectivity index (χ2n) is 5.86. The summed E-state index contributed by atoms with van der Waals surface area (Å²) in [4.78, 5) is 12.7. The minimum atomic E-state index is -3.65. The van der Waals surface area contributed by atoms with Gasteiger partial charge in [0.25, 0.3) is 5.91 Å². The van der Waals surface area contributed by atoms with Crippen LogP contribution in [0.25, 0.3) is 0 Å². The third-order valence-corrected chi connectivity index (χ3v) is 6.24. The van der Waals surface area contributed by atoms with Crippen molar-refractivity contribution < 1.29 is 22.7 Å². The summed E-state index contributed by atoms with van der Waals surface area (Å²) in [6.07, 6.45) is 0. The van der Waals surface area contributed by atoms with E-state index in [0.29, 0.717) is 36.8 Å². The highest BCUT2D eigenvalue weighted by Crippen LogP contribution is 2.29. The summed E-state index contributed by atoms with van der Waals surface area (Å²) in [5, 5.41) is 2.73. The standard InChI is InChI=1S/C20H26N2O5S/c1-5-22(6-2)28(24,25)17-12-13-19(26-4)18(14-17)21-20(23)15-8-10-16(11-9-15)27-7-3/h8-14H,5-7H2,1-4H3,(H,21,23). The van der Waals surface area contributed by atoms with Crippen LogP contribution in [0.15, 0.2) is 47.4 Å². The van der Waals surface area contributed by atoms with E-state index >= 15 is 0 Å². The molecule has 0 unspecified atom stereocenters. The molecule has 7 nitrogen and oxygen atoms in total. The first-order chi connectivity index (χ1) is 13.4. The van der Waals surface area contributed by atoms with Crippen LogP contribution in [0.4, 0.5) is 5.69 Å². The Kier molecular flexibility index (Phi) is 7.42. The lowest BCUT2D eigenvalue weighted by atomic mass is 10.2. The van der Waals surface area contributed by atoms with Gasteiger partial charge >= 0.3 is 0 Å². The van der Waals surface area contributed by atoms with Crippen LogP contribution in [0.5, 0.6) is 11.5 Å². The Hall–Kier alpha value is -2.58. The molecule has 0 saturated heterocycles. The van der Waals surface area contributed by atoms with E-state index in [2.05, 4.69) is 5.32 Å². The maximum Gasteiger partial charge on any atom is 0.255 e. The summed E-state index contributed by atoms with van der Waals surface area (Å²) in [5.41, 5.74) is 0.706. The third-order valence-electron chi connectivity index (χ3n) is 4.19. The van der Waals surface area contributed by atoms with Crippen LogP contribution in [-0.4, -0.2) is 45.4 Å². The molecular weight excluding hydrogens is 380 g/mol. The highest BCUT2D eigenvalue weighted by molar-refractivity contribution is 7.89. The zero-order valence-corrected chi connectivity index (χ0v) is 17.4. The fourth-order valence-electron chi connectivity index (χ4n) is 2.72. The summed E-state index contributed by atoms with van der Waals surface area (Å²) >= 11 is 0. The highest BCUT2D eigenvalue weighted by Gasteiger charge is 2.23. The van der Waals surface area contributed by atoms with E-state index in [4.69, 9.17) is 9.47 Å². The maximum atomic E-state index is 12.8. The summed E-state index contributed by atoms with van der Waals surface area (Å²) in [5.74, 6) is 0.667. The number of carbonyl (C=O) groups is 1. The van der Waals surface area contributed by atoms with Crippen molar-refractivity contribution >= 4 is 21.6 Å². The molecule has 0 fully saturated rings. The molecule has 0 aliphatic rings. The molecule has 1 N–H and O–H groups in total. The van der Waals surface area contributed by atoms with Crippen molar-refractivity contribution in [2.45, 2.75) is 25.7 Å². The van der Waals surface area contributed by atoms with Gasteiger partial charge in [-0.2, -0.15) is 4.31 Å². The topological polar surface area (TPSA) is 84.9 Å². The van der Waals surface area contributed by atoms with Gasteiger partial charge in [-0.1, -0.05) is 13.8 Å². The van der Waals surface area contributed by atoms with Gasteiger partial charge in [-0.3, -0.25) is 4.79 Å². The second-order valence-corrected chi connectivity index (χ2v) is 7.80. The lowest BCUT2D eigenvalue weighted by Crippen LogP contribution is -2.30. The zero-order valence-electron chi connectivity index (χ0n) is 16.6. The van der Waals surface area contributed by atoms with Gasteiger partial charge in [0.05, 0.1) is 24.3 Å². The summed E-state index contributed by atoms with van der Waals surface area (Å²) in [6.45, 7) is 6.69. The van der Waals surface area contributed by atoms with E-state index in [1.807, 2.05) is 6.92 Å². The quantitative estimate of drug-likeness (QED) is 0.690. The molecule has 8 heteroatoms. The Bertz CT molecular complexity index is 907. The van der Waals surface area contributed by atoms with Crippen LogP contribution >= 0.6 is 0 Å². The molecule has 0 atom stereocenters. The molecule has 152 valence electrons. The molecule has 0 saturated carbocycles. The van der Waals surface area contributed by atoms with Crippen molar-refractivity contribution in [2.75, 3.05) is 32.1 Å². The fourth-order valence-corrected chi connectivity index (χ4v) is 4.21. The van der Waals surface area contributed by atoms with Crippen molar-refractivity contribution in [2.24, 2.45) is 0 Å². The average molecular weight is 407 g/mol. The summed E-state index contributed by atoms with van der Waals surface area (Å²) in [6, 6.07) is 11.1. The molecule has 2 aromatic rings. The van der Waals surface area contributed by atoms with Gasteiger partial charge in [0.15, 0.2) is 0 Å². The van der Waals surface area contributed by atoms with Crippen LogP contribution in [0.3, 0.4) is 0 Å². The third kappa shape index (κ3) is 4.82. The van der Waals surface area contributed by atoms with E-state index in [1.165, 1.54) is 29.6 Å². The van der Waals surface area contributed by atoms with E-state index in [-0.39, 0.29) is 16.5 Å². The van der Waals surface area contributed by atoms with Crippen LogP contribution in [0.2, 0.25) is 0 Å². The Morgan fingerprint density at radius 3 is 2.21 bits per heavy atom. The Morgan fingerprint density at radius 2 is 1.68 bits per heavy atom. The average Bonchev–Trinajstić information content (AvgIpc) is 2.69. The number of ether oxygens (including phenoxy) is 2. The first-order valence-electron chi connectivity index (χ1n) is 9.09. The molecular formula is C20H26N2O5S. The van der Waals surface area contributed by atoms with Gasteiger partial charge in [0, 0.05) is 18.7 Å². The first kappa shape index (κ1) is 21.7. The number of anilines is 1. The summed E-state index contributed by atoms with van der Waals surface area (Å²) < 4.78 is 37.5. The molecule has 0 spiro atoms. The SMILES string of the molecule is CCOc1ccc(C(=O)Nc2cc(S(=O)(=O)N(CC)CC)ccc2OC)cc1. The zero-order chi connectivity index (χ0) is 20.7. The van der Waals surface area contributed by atoms with Crippen LogP contribution in [0.1, 0.15) is 31.1 Å². The fraction of sp³-hybridized carbons (Fsp3) is 0.350. The van der Waals surface area contributed by atoms with Crippen LogP contribution < -0.4 is 14.8 Å². The maximum absolute atomic E-state index is 12.8. The number of nitrogens with zero attached hydrogens (tertiary/aromatic N) is 1. The Labute approximate surface area is 166 Å². The molecule has 2 rings (SSSR count). The number of carbonyl (C=O) groups excluding carboxylic acids is 1. The highest BCUT2D eigenvalue weighted by atomic mass is 32.2. The van der Waals surface area contributed by atoms with Gasteiger partial charge in [0.1, 0.15) is 11.5 Å². The van der Waals surface area contributed by atoms with Gasteiger partial charge < -0.3 is 14.8 Å². The molecule has 0 aliphatic heterocycles. The number of hydrogen-bond acceptors (Lipinski definition) is 5. The van der Waals surface area contributed by atoms with Crippen molar-refractivity contribution in [3.63, 3.8) is 0 Å². The molecule has 0 bridgehead atoms. The normalized spacial score (nSPS) is 11.3. The van der Waals surface area contributed by atoms with E-state index < -0.39 is 10.0 Å². The second kappa shape index (κ2) is 9.57. The number of amides is 1. The van der Waals surface area contributed by atoms with Crippen molar-refractivity contribution in [1.82, 2.24) is 4.31 Å². The number of nitrogens with one attached hydrogen (secondary N) is 1. The Balaban J connectivity index is 2.32. The molecule has 28 heavy (non-hydrogen) atoms. The Morgan fingerprint density at radius 1 is 1.04 bits per heavy atom. The largest absolute Gasteiger partial charge is 0.495 e. The number of methoxy groups -OCH3 is 1. The molecule has 0 aromatic heterocycles. The number of rotatable bonds is 9. The van der Waals surface area contributed by atoms with Gasteiger partial charge in [-0.15, -0.1) is 0 Å². The minimum absolute atomic E-state index is 0.0963. The predicted molar refractivity (Wildman–Crippen MR) is 109 cm³/mol. The molecule has 0 aliphatic carbocycles. The van der Waals surface area contributed by atoms with E-state index in [1.54, 1.807) is 38.1 Å². The molecule has 2 aromatic carbocycles. The van der Waals surface area contributed by atoms with E-state index in [9.17, 15) is 13.2 Å². The van der Waals surface area contributed by atoms with Gasteiger partial charge in [-0.05, 0) is 49.4 Å². The first-order valence-corrected chi connectivity index (χ1v) is 10.5.